The van der Waals surface area contributed by atoms with Crippen molar-refractivity contribution in [2.45, 2.75) is 31.0 Å². The quantitative estimate of drug-likeness (QED) is 0.855. The molecule has 0 aromatic heterocycles. The molecule has 3 rings (SSSR count). The van der Waals surface area contributed by atoms with Crippen molar-refractivity contribution in [1.29, 1.82) is 0 Å². The van der Waals surface area contributed by atoms with Crippen LogP contribution in [0.15, 0.2) is 12.1 Å². The Kier molecular flexibility index (Phi) is 2.67. The molecule has 1 saturated carbocycles. The minimum Gasteiger partial charge on any atom is -0.490 e. The van der Waals surface area contributed by atoms with Crippen molar-refractivity contribution >= 4 is 0 Å². The van der Waals surface area contributed by atoms with Gasteiger partial charge in [0.05, 0.1) is 24.4 Å². The van der Waals surface area contributed by atoms with Crippen molar-refractivity contribution in [3.63, 3.8) is 0 Å². The van der Waals surface area contributed by atoms with Crippen molar-refractivity contribution in [3.8, 4) is 11.5 Å². The second-order valence-corrected chi connectivity index (χ2v) is 4.92. The standard InChI is InChI=1S/C13H13F3O3/c14-13(15,16)9-7-11-10(18-4-1-5-19-11)6-8(9)12(17)2-3-12/h6-7,17H,1-5H2. The molecular formula is C13H13F3O3. The fraction of sp³-hybridized carbons (Fsp3) is 0.538. The molecule has 0 atom stereocenters. The Balaban J connectivity index is 2.14. The number of halogens is 3. The van der Waals surface area contributed by atoms with E-state index in [1.54, 1.807) is 0 Å². The lowest BCUT2D eigenvalue weighted by atomic mass is 9.99. The van der Waals surface area contributed by atoms with Crippen molar-refractivity contribution in [2.75, 3.05) is 13.2 Å². The number of aliphatic hydroxyl groups is 1. The van der Waals surface area contributed by atoms with E-state index in [0.29, 0.717) is 32.5 Å². The van der Waals surface area contributed by atoms with Crippen LogP contribution in [0.2, 0.25) is 0 Å². The van der Waals surface area contributed by atoms with Gasteiger partial charge in [-0.15, -0.1) is 0 Å². The fourth-order valence-electron chi connectivity index (χ4n) is 2.22. The van der Waals surface area contributed by atoms with Gasteiger partial charge in [-0.25, -0.2) is 0 Å². The Bertz CT molecular complexity index is 472. The summed E-state index contributed by atoms with van der Waals surface area (Å²) in [7, 11) is 0. The van der Waals surface area contributed by atoms with E-state index in [2.05, 4.69) is 0 Å². The van der Waals surface area contributed by atoms with Crippen molar-refractivity contribution < 1.29 is 27.8 Å². The molecule has 0 amide bonds. The van der Waals surface area contributed by atoms with Gasteiger partial charge in [0.15, 0.2) is 11.5 Å². The van der Waals surface area contributed by atoms with Crippen molar-refractivity contribution in [3.05, 3.63) is 23.3 Å². The van der Waals surface area contributed by atoms with Gasteiger partial charge in [0.2, 0.25) is 0 Å². The first-order valence-corrected chi connectivity index (χ1v) is 6.14. The number of hydrogen-bond acceptors (Lipinski definition) is 3. The lowest BCUT2D eigenvalue weighted by molar-refractivity contribution is -0.139. The van der Waals surface area contributed by atoms with Gasteiger partial charge >= 0.3 is 6.18 Å². The second-order valence-electron chi connectivity index (χ2n) is 4.92. The van der Waals surface area contributed by atoms with Gasteiger partial charge in [0.25, 0.3) is 0 Å². The topological polar surface area (TPSA) is 38.7 Å². The number of benzene rings is 1. The van der Waals surface area contributed by atoms with E-state index in [-0.39, 0.29) is 17.1 Å². The first kappa shape index (κ1) is 12.6. The van der Waals surface area contributed by atoms with E-state index < -0.39 is 17.3 Å². The third kappa shape index (κ3) is 2.25. The lowest BCUT2D eigenvalue weighted by Crippen LogP contribution is -2.16. The summed E-state index contributed by atoms with van der Waals surface area (Å²) in [5, 5.41) is 10.0. The molecule has 1 aromatic carbocycles. The molecule has 0 spiro atoms. The molecule has 1 fully saturated rings. The van der Waals surface area contributed by atoms with Crippen LogP contribution in [0.1, 0.15) is 30.4 Å². The molecule has 1 heterocycles. The highest BCUT2D eigenvalue weighted by atomic mass is 19.4. The zero-order chi connectivity index (χ0) is 13.7. The van der Waals surface area contributed by atoms with Gasteiger partial charge in [-0.05, 0) is 30.5 Å². The summed E-state index contributed by atoms with van der Waals surface area (Å²) >= 11 is 0. The van der Waals surface area contributed by atoms with E-state index >= 15 is 0 Å². The maximum Gasteiger partial charge on any atom is 0.416 e. The Morgan fingerprint density at radius 1 is 1.05 bits per heavy atom. The van der Waals surface area contributed by atoms with Crippen molar-refractivity contribution in [2.24, 2.45) is 0 Å². The highest BCUT2D eigenvalue weighted by Crippen LogP contribution is 2.52. The van der Waals surface area contributed by atoms with Crippen LogP contribution < -0.4 is 9.47 Å². The molecule has 3 nitrogen and oxygen atoms in total. The van der Waals surface area contributed by atoms with E-state index in [0.717, 1.165) is 6.07 Å². The molecule has 0 unspecified atom stereocenters. The summed E-state index contributed by atoms with van der Waals surface area (Å²) in [5.74, 6) is 0.374. The van der Waals surface area contributed by atoms with Crippen LogP contribution in [0.25, 0.3) is 0 Å². The monoisotopic (exact) mass is 274 g/mol. The summed E-state index contributed by atoms with van der Waals surface area (Å²) < 4.78 is 49.9. The Labute approximate surface area is 107 Å². The predicted molar refractivity (Wildman–Crippen MR) is 60.2 cm³/mol. The summed E-state index contributed by atoms with van der Waals surface area (Å²) in [6.45, 7) is 0.726. The molecule has 1 aliphatic heterocycles. The maximum absolute atomic E-state index is 13.1. The van der Waals surface area contributed by atoms with Crippen LogP contribution >= 0.6 is 0 Å². The second kappa shape index (κ2) is 4.03. The molecule has 0 bridgehead atoms. The molecular weight excluding hydrogens is 261 g/mol. The van der Waals surface area contributed by atoms with E-state index in [4.69, 9.17) is 9.47 Å². The first-order chi connectivity index (χ1) is 8.90. The summed E-state index contributed by atoms with van der Waals surface area (Å²) in [6.07, 6.45) is -3.21. The molecule has 1 aromatic rings. The van der Waals surface area contributed by atoms with Gasteiger partial charge < -0.3 is 14.6 Å². The minimum absolute atomic E-state index is 0.0952. The molecule has 6 heteroatoms. The molecule has 104 valence electrons. The number of alkyl halides is 3. The van der Waals surface area contributed by atoms with Crippen LogP contribution in [-0.4, -0.2) is 18.3 Å². The number of rotatable bonds is 1. The van der Waals surface area contributed by atoms with E-state index in [9.17, 15) is 18.3 Å². The predicted octanol–water partition coefficient (Wildman–Crippen LogP) is 2.85. The van der Waals surface area contributed by atoms with Gasteiger partial charge in [-0.1, -0.05) is 0 Å². The summed E-state index contributed by atoms with van der Waals surface area (Å²) in [6, 6.07) is 2.21. The Hall–Kier alpha value is -1.43. The smallest absolute Gasteiger partial charge is 0.416 e. The number of fused-ring (bicyclic) bond motifs is 1. The zero-order valence-electron chi connectivity index (χ0n) is 10.1. The van der Waals surface area contributed by atoms with E-state index in [1.165, 1.54) is 6.07 Å². The van der Waals surface area contributed by atoms with Gasteiger partial charge in [0, 0.05) is 6.42 Å². The Morgan fingerprint density at radius 2 is 1.63 bits per heavy atom. The van der Waals surface area contributed by atoms with Crippen LogP contribution in [0.3, 0.4) is 0 Å². The maximum atomic E-state index is 13.1. The lowest BCUT2D eigenvalue weighted by Gasteiger charge is -2.19. The summed E-state index contributed by atoms with van der Waals surface area (Å²) in [4.78, 5) is 0. The molecule has 0 radical (unpaired) electrons. The minimum atomic E-state index is -4.52. The van der Waals surface area contributed by atoms with Gasteiger partial charge in [0.1, 0.15) is 0 Å². The normalized spacial score (nSPS) is 20.8. The number of hydrogen-bond donors (Lipinski definition) is 1. The van der Waals surface area contributed by atoms with Crippen LogP contribution in [0, 0.1) is 0 Å². The van der Waals surface area contributed by atoms with Gasteiger partial charge in [-0.3, -0.25) is 0 Å². The SMILES string of the molecule is OC1(c2cc3c(cc2C(F)(F)F)OCCCO3)CC1. The molecule has 1 N–H and O–H groups in total. The van der Waals surface area contributed by atoms with Crippen LogP contribution in [0.4, 0.5) is 13.2 Å². The molecule has 1 aliphatic carbocycles. The molecule has 2 aliphatic rings. The molecule has 0 saturated heterocycles. The van der Waals surface area contributed by atoms with Crippen LogP contribution in [0.5, 0.6) is 11.5 Å². The van der Waals surface area contributed by atoms with Crippen molar-refractivity contribution in [1.82, 2.24) is 0 Å². The largest absolute Gasteiger partial charge is 0.490 e. The summed E-state index contributed by atoms with van der Waals surface area (Å²) in [5.41, 5.74) is -2.31. The zero-order valence-corrected chi connectivity index (χ0v) is 10.1. The first-order valence-electron chi connectivity index (χ1n) is 6.14. The highest BCUT2D eigenvalue weighted by molar-refractivity contribution is 5.51. The van der Waals surface area contributed by atoms with Crippen LogP contribution in [-0.2, 0) is 11.8 Å². The molecule has 19 heavy (non-hydrogen) atoms. The third-order valence-corrected chi connectivity index (χ3v) is 3.42. The fourth-order valence-corrected chi connectivity index (χ4v) is 2.22. The van der Waals surface area contributed by atoms with E-state index in [1.807, 2.05) is 0 Å². The average molecular weight is 274 g/mol. The Morgan fingerprint density at radius 3 is 2.16 bits per heavy atom. The third-order valence-electron chi connectivity index (χ3n) is 3.42. The number of ether oxygens (including phenoxy) is 2. The highest BCUT2D eigenvalue weighted by Gasteiger charge is 2.49. The average Bonchev–Trinajstić information content (AvgIpc) is 3.10. The van der Waals surface area contributed by atoms with Gasteiger partial charge in [-0.2, -0.15) is 13.2 Å².